The van der Waals surface area contributed by atoms with Crippen LogP contribution in [0.3, 0.4) is 0 Å². The Hall–Kier alpha value is -2.73. The van der Waals surface area contributed by atoms with Gasteiger partial charge in [-0.3, -0.25) is 9.46 Å². The Kier molecular flexibility index (Phi) is 8.61. The highest BCUT2D eigenvalue weighted by Gasteiger charge is 2.30. The molecule has 0 bridgehead atoms. The maximum absolute atomic E-state index is 15.0. The topological polar surface area (TPSA) is 117 Å². The highest BCUT2D eigenvalue weighted by molar-refractivity contribution is 7.90. The first-order valence-electron chi connectivity index (χ1n) is 13.0. The first kappa shape index (κ1) is 29.8. The number of likely N-dealkylation sites (tertiary alicyclic amines) is 1. The quantitative estimate of drug-likeness (QED) is 0.222. The summed E-state index contributed by atoms with van der Waals surface area (Å²) in [5, 5.41) is 0.725. The average Bonchev–Trinajstić information content (AvgIpc) is 3.34. The van der Waals surface area contributed by atoms with Gasteiger partial charge in [0, 0.05) is 44.1 Å². The maximum Gasteiger partial charge on any atom is 0.344 e. The van der Waals surface area contributed by atoms with Gasteiger partial charge in [0.2, 0.25) is 0 Å². The molecule has 5 rings (SSSR count). The van der Waals surface area contributed by atoms with Gasteiger partial charge >= 0.3 is 7.60 Å². The molecule has 218 valence electrons. The zero-order valence-electron chi connectivity index (χ0n) is 22.8. The smallest absolute Gasteiger partial charge is 0.311 e. The Labute approximate surface area is 243 Å². The number of piperidine rings is 1. The summed E-state index contributed by atoms with van der Waals surface area (Å²) in [5.41, 5.74) is 1.65. The lowest BCUT2D eigenvalue weighted by Gasteiger charge is -2.33. The Morgan fingerprint density at radius 2 is 1.88 bits per heavy atom. The van der Waals surface area contributed by atoms with Crippen LogP contribution >= 0.6 is 19.2 Å². The maximum atomic E-state index is 15.0. The van der Waals surface area contributed by atoms with E-state index in [2.05, 4.69) is 15.0 Å². The SMILES string of the molecule is COP(=O)(CN1CCC[C@H](Cc2nc(-c3cn(S(=O)(=O)c4ccc(C)cc4)c4ncc(Cl)cc34)ncc2F)C1)OC. The number of halogens is 2. The van der Waals surface area contributed by atoms with Gasteiger partial charge in [0.15, 0.2) is 17.3 Å². The summed E-state index contributed by atoms with van der Waals surface area (Å²) < 4.78 is 66.0. The summed E-state index contributed by atoms with van der Waals surface area (Å²) in [6.45, 7) is 3.17. The van der Waals surface area contributed by atoms with Crippen molar-refractivity contribution in [3.8, 4) is 11.4 Å². The number of hydrogen-bond acceptors (Lipinski definition) is 9. The van der Waals surface area contributed by atoms with Gasteiger partial charge in [-0.2, -0.15) is 0 Å². The van der Waals surface area contributed by atoms with E-state index in [9.17, 15) is 17.4 Å². The number of pyridine rings is 1. The van der Waals surface area contributed by atoms with Gasteiger partial charge in [0.25, 0.3) is 10.0 Å². The third-order valence-electron chi connectivity index (χ3n) is 7.23. The van der Waals surface area contributed by atoms with Crippen molar-refractivity contribution in [2.24, 2.45) is 5.92 Å². The van der Waals surface area contributed by atoms with E-state index < -0.39 is 23.4 Å². The standard InChI is InChI=1S/C27H30ClFN5O5PS/c1-18-6-8-21(9-7-18)41(36,37)34-16-23(22-12-20(28)13-31-27(22)34)26-30-14-24(29)25(32-26)11-19-5-4-10-33(15-19)17-40(35,38-2)39-3/h6-9,12-14,16,19H,4-5,10-11,15,17H2,1-3H3/t19-/m1/s1. The zero-order chi connectivity index (χ0) is 29.4. The molecule has 0 radical (unpaired) electrons. The average molecular weight is 622 g/mol. The Morgan fingerprint density at radius 1 is 1.15 bits per heavy atom. The number of benzene rings is 1. The number of aryl methyl sites for hydroxylation is 1. The van der Waals surface area contributed by atoms with Crippen LogP contribution in [0, 0.1) is 18.7 Å². The minimum absolute atomic E-state index is 0.0440. The zero-order valence-corrected chi connectivity index (χ0v) is 25.3. The van der Waals surface area contributed by atoms with E-state index in [4.69, 9.17) is 20.6 Å². The van der Waals surface area contributed by atoms with Crippen molar-refractivity contribution in [1.29, 1.82) is 0 Å². The third kappa shape index (κ3) is 6.23. The van der Waals surface area contributed by atoms with Gasteiger partial charge in [0.1, 0.15) is 6.29 Å². The first-order chi connectivity index (χ1) is 19.5. The predicted molar refractivity (Wildman–Crippen MR) is 154 cm³/mol. The van der Waals surface area contributed by atoms with Crippen molar-refractivity contribution in [2.45, 2.75) is 31.1 Å². The van der Waals surface area contributed by atoms with Crippen LogP contribution in [0.4, 0.5) is 4.39 Å². The largest absolute Gasteiger partial charge is 0.344 e. The number of aromatic nitrogens is 4. The van der Waals surface area contributed by atoms with Crippen LogP contribution < -0.4 is 0 Å². The van der Waals surface area contributed by atoms with Gasteiger partial charge in [-0.05, 0) is 56.8 Å². The summed E-state index contributed by atoms with van der Waals surface area (Å²) in [6, 6.07) is 8.09. The molecule has 10 nitrogen and oxygen atoms in total. The molecule has 3 aromatic heterocycles. The van der Waals surface area contributed by atoms with Crippen molar-refractivity contribution in [1.82, 2.24) is 23.8 Å². The van der Waals surface area contributed by atoms with E-state index in [1.807, 2.05) is 11.8 Å². The molecule has 0 amide bonds. The molecule has 4 heterocycles. The molecule has 1 aromatic carbocycles. The van der Waals surface area contributed by atoms with E-state index >= 15 is 0 Å². The highest BCUT2D eigenvalue weighted by atomic mass is 35.5. The molecule has 1 aliphatic rings. The molecule has 0 spiro atoms. The minimum atomic E-state index is -4.02. The summed E-state index contributed by atoms with van der Waals surface area (Å²) in [7, 11) is -4.53. The monoisotopic (exact) mass is 621 g/mol. The fraction of sp³-hybridized carbons (Fsp3) is 0.370. The lowest BCUT2D eigenvalue weighted by molar-refractivity contribution is 0.174. The molecule has 0 N–H and O–H groups in total. The molecule has 4 aromatic rings. The molecule has 0 unspecified atom stereocenters. The molecule has 0 saturated carbocycles. The van der Waals surface area contributed by atoms with Crippen molar-refractivity contribution in [3.63, 3.8) is 0 Å². The van der Waals surface area contributed by atoms with Gasteiger partial charge in [-0.1, -0.05) is 29.3 Å². The Bertz CT molecular complexity index is 1730. The minimum Gasteiger partial charge on any atom is -0.311 e. The Balaban J connectivity index is 1.49. The van der Waals surface area contributed by atoms with E-state index in [0.717, 1.165) is 35.1 Å². The third-order valence-corrected chi connectivity index (χ3v) is 11.0. The van der Waals surface area contributed by atoms with Crippen LogP contribution in [-0.2, 0) is 30.1 Å². The fourth-order valence-corrected chi connectivity index (χ4v) is 7.68. The normalized spacial score (nSPS) is 16.9. The van der Waals surface area contributed by atoms with Crippen LogP contribution in [0.15, 0.2) is 53.8 Å². The number of nitrogens with zero attached hydrogens (tertiary/aromatic N) is 5. The van der Waals surface area contributed by atoms with Crippen molar-refractivity contribution in [3.05, 3.63) is 71.0 Å². The second-order valence-corrected chi connectivity index (χ2v) is 14.6. The fourth-order valence-electron chi connectivity index (χ4n) is 5.07. The number of fused-ring (bicyclic) bond motifs is 1. The molecule has 1 fully saturated rings. The molecular weight excluding hydrogens is 592 g/mol. The van der Waals surface area contributed by atoms with Crippen LogP contribution in [0.25, 0.3) is 22.4 Å². The van der Waals surface area contributed by atoms with Gasteiger partial charge in [-0.15, -0.1) is 0 Å². The van der Waals surface area contributed by atoms with E-state index in [0.29, 0.717) is 28.9 Å². The molecular formula is C27H30ClFN5O5PS. The molecule has 0 aliphatic carbocycles. The molecule has 1 aliphatic heterocycles. The first-order valence-corrected chi connectivity index (χ1v) is 16.5. The lowest BCUT2D eigenvalue weighted by atomic mass is 9.93. The molecule has 1 atom stereocenters. The summed E-state index contributed by atoms with van der Waals surface area (Å²) in [4.78, 5) is 15.1. The summed E-state index contributed by atoms with van der Waals surface area (Å²) >= 11 is 6.24. The number of rotatable bonds is 9. The van der Waals surface area contributed by atoms with E-state index in [1.165, 1.54) is 38.7 Å². The second kappa shape index (κ2) is 11.9. The predicted octanol–water partition coefficient (Wildman–Crippen LogP) is 5.53. The van der Waals surface area contributed by atoms with Gasteiger partial charge < -0.3 is 9.05 Å². The second-order valence-electron chi connectivity index (χ2n) is 10.1. The van der Waals surface area contributed by atoms with Gasteiger partial charge in [-0.25, -0.2) is 31.7 Å². The van der Waals surface area contributed by atoms with E-state index in [1.54, 1.807) is 18.2 Å². The van der Waals surface area contributed by atoms with Crippen molar-refractivity contribution < 1.29 is 26.4 Å². The van der Waals surface area contributed by atoms with Crippen molar-refractivity contribution >= 4 is 40.3 Å². The van der Waals surface area contributed by atoms with E-state index in [-0.39, 0.29) is 34.3 Å². The van der Waals surface area contributed by atoms with Crippen LogP contribution in [-0.4, -0.2) is 65.8 Å². The van der Waals surface area contributed by atoms with Gasteiger partial charge in [0.05, 0.1) is 21.8 Å². The van der Waals surface area contributed by atoms with Crippen LogP contribution in [0.1, 0.15) is 24.1 Å². The molecule has 1 saturated heterocycles. The lowest BCUT2D eigenvalue weighted by Crippen LogP contribution is -2.37. The summed E-state index contributed by atoms with van der Waals surface area (Å²) in [5.74, 6) is -0.357. The van der Waals surface area contributed by atoms with Crippen LogP contribution in [0.2, 0.25) is 5.02 Å². The molecule has 14 heteroatoms. The highest BCUT2D eigenvalue weighted by Crippen LogP contribution is 2.47. The summed E-state index contributed by atoms with van der Waals surface area (Å²) in [6.07, 6.45) is 6.01. The van der Waals surface area contributed by atoms with Crippen LogP contribution in [0.5, 0.6) is 0 Å². The molecule has 41 heavy (non-hydrogen) atoms. The number of hydrogen-bond donors (Lipinski definition) is 0. The Morgan fingerprint density at radius 3 is 2.59 bits per heavy atom. The van der Waals surface area contributed by atoms with Crippen molar-refractivity contribution in [2.75, 3.05) is 33.6 Å².